The number of anilines is 1. The van der Waals surface area contributed by atoms with Gasteiger partial charge in [-0.15, -0.1) is 0 Å². The summed E-state index contributed by atoms with van der Waals surface area (Å²) >= 11 is 0. The van der Waals surface area contributed by atoms with Crippen molar-refractivity contribution in [3.8, 4) is 0 Å². The largest absolute Gasteiger partial charge is 0.382 e. The number of nitrogens with zero attached hydrogens (tertiary/aromatic N) is 1. The molecule has 1 atom stereocenters. The van der Waals surface area contributed by atoms with E-state index in [1.165, 1.54) is 24.1 Å². The van der Waals surface area contributed by atoms with Crippen LogP contribution in [0.3, 0.4) is 0 Å². The minimum Gasteiger partial charge on any atom is -0.382 e. The van der Waals surface area contributed by atoms with Crippen molar-refractivity contribution in [3.05, 3.63) is 23.4 Å². The van der Waals surface area contributed by atoms with E-state index in [4.69, 9.17) is 9.47 Å². The van der Waals surface area contributed by atoms with Gasteiger partial charge in [-0.25, -0.2) is 4.98 Å². The van der Waals surface area contributed by atoms with Crippen molar-refractivity contribution in [3.63, 3.8) is 0 Å². The number of nitrogens with one attached hydrogen (secondary N) is 1. The van der Waals surface area contributed by atoms with E-state index in [2.05, 4.69) is 16.4 Å². The third-order valence-electron chi connectivity index (χ3n) is 3.12. The molecule has 0 fully saturated rings. The Morgan fingerprint density at radius 3 is 3.00 bits per heavy atom. The topological polar surface area (TPSA) is 43.4 Å². The fraction of sp³-hybridized carbons (Fsp3) is 0.615. The number of fused-ring (bicyclic) bond motifs is 1. The van der Waals surface area contributed by atoms with Crippen molar-refractivity contribution in [2.24, 2.45) is 0 Å². The Bertz CT molecular complexity index is 368. The van der Waals surface area contributed by atoms with Gasteiger partial charge in [0.15, 0.2) is 0 Å². The smallest absolute Gasteiger partial charge is 0.126 e. The number of pyridine rings is 1. The maximum Gasteiger partial charge on any atom is 0.126 e. The predicted molar refractivity (Wildman–Crippen MR) is 67.4 cm³/mol. The summed E-state index contributed by atoms with van der Waals surface area (Å²) < 4.78 is 10.4. The normalized spacial score (nSPS) is 15.6. The molecule has 1 aromatic heterocycles. The molecule has 2 rings (SSSR count). The molecule has 0 bridgehead atoms. The van der Waals surface area contributed by atoms with Gasteiger partial charge in [-0.05, 0) is 30.9 Å². The molecule has 0 aromatic carbocycles. The van der Waals surface area contributed by atoms with Crippen LogP contribution in [0.2, 0.25) is 0 Å². The highest BCUT2D eigenvalue weighted by Crippen LogP contribution is 2.21. The lowest BCUT2D eigenvalue weighted by atomic mass is 10.2. The Balaban J connectivity index is 1.90. The first-order chi connectivity index (χ1) is 8.33. The molecule has 17 heavy (non-hydrogen) atoms. The minimum absolute atomic E-state index is 0.0649. The van der Waals surface area contributed by atoms with Gasteiger partial charge in [0, 0.05) is 26.5 Å². The number of aryl methyl sites for hydroxylation is 2. The number of aromatic nitrogens is 1. The average Bonchev–Trinajstić information content (AvgIpc) is 2.81. The lowest BCUT2D eigenvalue weighted by Gasteiger charge is -2.15. The van der Waals surface area contributed by atoms with Gasteiger partial charge in [0.05, 0.1) is 12.7 Å². The highest BCUT2D eigenvalue weighted by Gasteiger charge is 2.13. The van der Waals surface area contributed by atoms with Crippen LogP contribution in [0.5, 0.6) is 0 Å². The fourth-order valence-corrected chi connectivity index (χ4v) is 2.13. The zero-order chi connectivity index (χ0) is 12.1. The van der Waals surface area contributed by atoms with Crippen LogP contribution >= 0.6 is 0 Å². The fourth-order valence-electron chi connectivity index (χ4n) is 2.13. The molecule has 1 aliphatic rings. The third-order valence-corrected chi connectivity index (χ3v) is 3.12. The van der Waals surface area contributed by atoms with Gasteiger partial charge < -0.3 is 14.8 Å². The second kappa shape index (κ2) is 5.98. The molecule has 4 heteroatoms. The number of hydrogen-bond acceptors (Lipinski definition) is 4. The van der Waals surface area contributed by atoms with Gasteiger partial charge in [-0.1, -0.05) is 6.07 Å². The highest BCUT2D eigenvalue weighted by molar-refractivity contribution is 5.40. The summed E-state index contributed by atoms with van der Waals surface area (Å²) in [6.45, 7) is 1.31. The molecule has 0 saturated heterocycles. The van der Waals surface area contributed by atoms with Crippen LogP contribution < -0.4 is 5.32 Å². The first-order valence-corrected chi connectivity index (χ1v) is 6.08. The molecular weight excluding hydrogens is 216 g/mol. The number of ether oxygens (including phenoxy) is 2. The standard InChI is InChI=1S/C13H20N2O2/c1-16-9-11(17-2)8-14-13-7-6-10-4-3-5-12(10)15-13/h6-7,11H,3-5,8-9H2,1-2H3,(H,14,15). The number of methoxy groups -OCH3 is 2. The van der Waals surface area contributed by atoms with Crippen molar-refractivity contribution in [1.29, 1.82) is 0 Å². The summed E-state index contributed by atoms with van der Waals surface area (Å²) in [7, 11) is 3.38. The van der Waals surface area contributed by atoms with E-state index in [1.807, 2.05) is 6.07 Å². The summed E-state index contributed by atoms with van der Waals surface area (Å²) in [5.74, 6) is 0.934. The van der Waals surface area contributed by atoms with Crippen molar-refractivity contribution >= 4 is 5.82 Å². The molecule has 0 aliphatic heterocycles. The van der Waals surface area contributed by atoms with Crippen LogP contribution in [0.4, 0.5) is 5.82 Å². The van der Waals surface area contributed by atoms with E-state index >= 15 is 0 Å². The number of rotatable bonds is 6. The Kier molecular flexibility index (Phi) is 4.34. The molecular formula is C13H20N2O2. The molecule has 1 aromatic rings. The van der Waals surface area contributed by atoms with Crippen molar-refractivity contribution in [2.45, 2.75) is 25.4 Å². The first-order valence-electron chi connectivity index (χ1n) is 6.08. The molecule has 0 saturated carbocycles. The maximum absolute atomic E-state index is 5.29. The SMILES string of the molecule is COCC(CNc1ccc2c(n1)CCC2)OC. The zero-order valence-corrected chi connectivity index (χ0v) is 10.5. The van der Waals surface area contributed by atoms with Crippen LogP contribution in [0.1, 0.15) is 17.7 Å². The van der Waals surface area contributed by atoms with Crippen LogP contribution in [-0.2, 0) is 22.3 Å². The van der Waals surface area contributed by atoms with Crippen molar-refractivity contribution in [1.82, 2.24) is 4.98 Å². The first kappa shape index (κ1) is 12.3. The van der Waals surface area contributed by atoms with E-state index in [0.29, 0.717) is 6.61 Å². The van der Waals surface area contributed by atoms with Gasteiger partial charge in [0.2, 0.25) is 0 Å². The lowest BCUT2D eigenvalue weighted by molar-refractivity contribution is 0.0365. The maximum atomic E-state index is 5.29. The molecule has 1 aliphatic carbocycles. The minimum atomic E-state index is 0.0649. The summed E-state index contributed by atoms with van der Waals surface area (Å²) in [4.78, 5) is 4.61. The molecule has 1 unspecified atom stereocenters. The number of hydrogen-bond donors (Lipinski definition) is 1. The molecule has 0 amide bonds. The Hall–Kier alpha value is -1.13. The second-order valence-electron chi connectivity index (χ2n) is 4.35. The summed E-state index contributed by atoms with van der Waals surface area (Å²) in [6.07, 6.45) is 3.58. The van der Waals surface area contributed by atoms with E-state index in [0.717, 1.165) is 18.8 Å². The molecule has 4 nitrogen and oxygen atoms in total. The summed E-state index contributed by atoms with van der Waals surface area (Å²) in [5, 5.41) is 3.29. The Morgan fingerprint density at radius 1 is 1.35 bits per heavy atom. The van der Waals surface area contributed by atoms with Crippen molar-refractivity contribution < 1.29 is 9.47 Å². The second-order valence-corrected chi connectivity index (χ2v) is 4.35. The molecule has 0 radical (unpaired) electrons. The van der Waals surface area contributed by atoms with Crippen LogP contribution in [0.25, 0.3) is 0 Å². The van der Waals surface area contributed by atoms with E-state index in [9.17, 15) is 0 Å². The van der Waals surface area contributed by atoms with Crippen LogP contribution in [-0.4, -0.2) is 38.5 Å². The molecule has 94 valence electrons. The van der Waals surface area contributed by atoms with E-state index in [-0.39, 0.29) is 6.10 Å². The van der Waals surface area contributed by atoms with E-state index in [1.54, 1.807) is 14.2 Å². The van der Waals surface area contributed by atoms with Gasteiger partial charge in [-0.2, -0.15) is 0 Å². The molecule has 0 spiro atoms. The van der Waals surface area contributed by atoms with Gasteiger partial charge in [0.25, 0.3) is 0 Å². The lowest BCUT2D eigenvalue weighted by Crippen LogP contribution is -2.26. The van der Waals surface area contributed by atoms with E-state index < -0.39 is 0 Å². The Labute approximate surface area is 102 Å². The predicted octanol–water partition coefficient (Wildman–Crippen LogP) is 1.64. The summed E-state index contributed by atoms with van der Waals surface area (Å²) in [6, 6.07) is 4.22. The Morgan fingerprint density at radius 2 is 2.24 bits per heavy atom. The monoisotopic (exact) mass is 236 g/mol. The van der Waals surface area contributed by atoms with Crippen LogP contribution in [0.15, 0.2) is 12.1 Å². The molecule has 1 heterocycles. The highest BCUT2D eigenvalue weighted by atomic mass is 16.5. The van der Waals surface area contributed by atoms with Crippen molar-refractivity contribution in [2.75, 3.05) is 32.7 Å². The van der Waals surface area contributed by atoms with Gasteiger partial charge in [-0.3, -0.25) is 0 Å². The average molecular weight is 236 g/mol. The van der Waals surface area contributed by atoms with Gasteiger partial charge in [0.1, 0.15) is 5.82 Å². The van der Waals surface area contributed by atoms with Gasteiger partial charge >= 0.3 is 0 Å². The third kappa shape index (κ3) is 3.17. The quantitative estimate of drug-likeness (QED) is 0.815. The summed E-state index contributed by atoms with van der Waals surface area (Å²) in [5.41, 5.74) is 2.64. The molecule has 1 N–H and O–H groups in total. The van der Waals surface area contributed by atoms with Crippen LogP contribution in [0, 0.1) is 0 Å². The zero-order valence-electron chi connectivity index (χ0n) is 10.5.